The molecule has 3 rings (SSSR count). The largest absolute Gasteiger partial charge is 0.495 e. The van der Waals surface area contributed by atoms with Gasteiger partial charge in [0.15, 0.2) is 0 Å². The molecule has 3 N–H and O–H groups in total. The summed E-state index contributed by atoms with van der Waals surface area (Å²) in [5.74, 6) is -0.698. The van der Waals surface area contributed by atoms with Crippen LogP contribution in [0.15, 0.2) is 18.2 Å². The number of hydrogen-bond donors (Lipinski definition) is 3. The highest BCUT2D eigenvalue weighted by Crippen LogP contribution is 2.35. The Bertz CT molecular complexity index is 587. The molecule has 0 saturated carbocycles. The van der Waals surface area contributed by atoms with Crippen LogP contribution in [0.3, 0.4) is 0 Å². The summed E-state index contributed by atoms with van der Waals surface area (Å²) in [6.45, 7) is 0. The molecule has 2 saturated heterocycles. The average Bonchev–Trinajstić information content (AvgIpc) is 3.09. The fraction of sp³-hybridized carbons (Fsp3) is 0.467. The van der Waals surface area contributed by atoms with Gasteiger partial charge in [0.25, 0.3) is 0 Å². The molecule has 0 radical (unpaired) electrons. The number of aromatic carboxylic acids is 1. The molecule has 1 aromatic rings. The molecule has 1 aromatic carbocycles. The number of nitrogens with one attached hydrogen (secondary N) is 2. The van der Waals surface area contributed by atoms with Crippen LogP contribution < -0.4 is 15.4 Å². The Balaban J connectivity index is 1.78. The fourth-order valence-corrected chi connectivity index (χ4v) is 3.28. The molecule has 112 valence electrons. The van der Waals surface area contributed by atoms with Crippen LogP contribution in [0, 0.1) is 5.92 Å². The smallest absolute Gasteiger partial charge is 0.335 e. The van der Waals surface area contributed by atoms with Gasteiger partial charge in [-0.15, -0.1) is 0 Å². The van der Waals surface area contributed by atoms with Gasteiger partial charge in [-0.05, 0) is 37.5 Å². The van der Waals surface area contributed by atoms with Gasteiger partial charge in [0, 0.05) is 12.1 Å². The molecule has 21 heavy (non-hydrogen) atoms. The normalized spacial score (nSPS) is 26.6. The van der Waals surface area contributed by atoms with Gasteiger partial charge in [-0.1, -0.05) is 0 Å². The van der Waals surface area contributed by atoms with Crippen LogP contribution in [0.25, 0.3) is 0 Å². The van der Waals surface area contributed by atoms with Crippen molar-refractivity contribution in [2.24, 2.45) is 5.92 Å². The number of anilines is 1. The third-order valence-electron chi connectivity index (χ3n) is 4.34. The van der Waals surface area contributed by atoms with Crippen molar-refractivity contribution < 1.29 is 19.4 Å². The van der Waals surface area contributed by atoms with Gasteiger partial charge in [0.05, 0.1) is 24.3 Å². The van der Waals surface area contributed by atoms with Crippen molar-refractivity contribution >= 4 is 17.6 Å². The molecule has 1 amide bonds. The van der Waals surface area contributed by atoms with Crippen LogP contribution in [-0.2, 0) is 4.79 Å². The maximum Gasteiger partial charge on any atom is 0.335 e. The van der Waals surface area contributed by atoms with E-state index in [0.29, 0.717) is 17.5 Å². The lowest BCUT2D eigenvalue weighted by Gasteiger charge is -2.20. The maximum atomic E-state index is 12.4. The Morgan fingerprint density at radius 2 is 2.19 bits per heavy atom. The van der Waals surface area contributed by atoms with E-state index in [2.05, 4.69) is 10.6 Å². The number of carbonyl (C=O) groups excluding carboxylic acids is 1. The SMILES string of the molecule is COc1ccc(C(=O)O)cc1NC(=O)C1CC2CCC1N2. The van der Waals surface area contributed by atoms with E-state index in [1.54, 1.807) is 6.07 Å². The highest BCUT2D eigenvalue weighted by molar-refractivity contribution is 5.97. The number of amides is 1. The molecule has 2 aliphatic heterocycles. The minimum atomic E-state index is -1.03. The van der Waals surface area contributed by atoms with Crippen LogP contribution in [0.5, 0.6) is 5.75 Å². The van der Waals surface area contributed by atoms with Gasteiger partial charge in [-0.3, -0.25) is 4.79 Å². The molecule has 2 heterocycles. The van der Waals surface area contributed by atoms with Crippen LogP contribution >= 0.6 is 0 Å². The van der Waals surface area contributed by atoms with Crippen LogP contribution in [0.2, 0.25) is 0 Å². The monoisotopic (exact) mass is 290 g/mol. The zero-order valence-electron chi connectivity index (χ0n) is 11.8. The van der Waals surface area contributed by atoms with E-state index in [4.69, 9.17) is 9.84 Å². The van der Waals surface area contributed by atoms with Gasteiger partial charge < -0.3 is 20.5 Å². The summed E-state index contributed by atoms with van der Waals surface area (Å²) in [6.07, 6.45) is 3.00. The highest BCUT2D eigenvalue weighted by atomic mass is 16.5. The Kier molecular flexibility index (Phi) is 3.55. The second-order valence-corrected chi connectivity index (χ2v) is 5.60. The summed E-state index contributed by atoms with van der Waals surface area (Å²) in [6, 6.07) is 5.12. The summed E-state index contributed by atoms with van der Waals surface area (Å²) in [5, 5.41) is 15.3. The molecule has 3 unspecified atom stereocenters. The first-order valence-electron chi connectivity index (χ1n) is 7.06. The zero-order valence-corrected chi connectivity index (χ0v) is 11.8. The number of rotatable bonds is 4. The molecule has 2 bridgehead atoms. The summed E-state index contributed by atoms with van der Waals surface area (Å²) in [5.41, 5.74) is 0.530. The van der Waals surface area contributed by atoms with Crippen LogP contribution in [0.4, 0.5) is 5.69 Å². The Hall–Kier alpha value is -2.08. The zero-order chi connectivity index (χ0) is 15.0. The topological polar surface area (TPSA) is 87.7 Å². The van der Waals surface area contributed by atoms with E-state index < -0.39 is 5.97 Å². The lowest BCUT2D eigenvalue weighted by atomic mass is 9.88. The first kappa shape index (κ1) is 13.9. The van der Waals surface area contributed by atoms with Gasteiger partial charge in [0.1, 0.15) is 5.75 Å². The van der Waals surface area contributed by atoms with Crippen molar-refractivity contribution in [3.05, 3.63) is 23.8 Å². The first-order valence-corrected chi connectivity index (χ1v) is 7.06. The van der Waals surface area contributed by atoms with E-state index in [-0.39, 0.29) is 23.4 Å². The molecular formula is C15H18N2O4. The summed E-state index contributed by atoms with van der Waals surface area (Å²) in [4.78, 5) is 23.4. The number of ether oxygens (including phenoxy) is 1. The molecule has 3 atom stereocenters. The second-order valence-electron chi connectivity index (χ2n) is 5.60. The number of fused-ring (bicyclic) bond motifs is 2. The minimum absolute atomic E-state index is 0.0538. The van der Waals surface area contributed by atoms with Gasteiger partial charge in [0.2, 0.25) is 5.91 Å². The van der Waals surface area contributed by atoms with Crippen molar-refractivity contribution in [3.63, 3.8) is 0 Å². The average molecular weight is 290 g/mol. The number of carbonyl (C=O) groups is 2. The number of hydrogen-bond acceptors (Lipinski definition) is 4. The number of carboxylic acid groups (broad SMARTS) is 1. The van der Waals surface area contributed by atoms with Crippen molar-refractivity contribution in [3.8, 4) is 5.75 Å². The van der Waals surface area contributed by atoms with Crippen molar-refractivity contribution in [2.45, 2.75) is 31.3 Å². The second kappa shape index (κ2) is 5.37. The third-order valence-corrected chi connectivity index (χ3v) is 4.34. The number of carboxylic acids is 1. The molecule has 6 nitrogen and oxygen atoms in total. The molecular weight excluding hydrogens is 272 g/mol. The standard InChI is InChI=1S/C15H18N2O4/c1-21-13-5-2-8(15(19)20)6-12(13)17-14(18)10-7-9-3-4-11(10)16-9/h2,5-6,9-11,16H,3-4,7H2,1H3,(H,17,18)(H,19,20). The summed E-state index contributed by atoms with van der Waals surface area (Å²) >= 11 is 0. The predicted octanol–water partition coefficient (Wildman–Crippen LogP) is 1.47. The molecule has 0 aliphatic carbocycles. The van der Waals surface area contributed by atoms with E-state index in [1.807, 2.05) is 0 Å². The fourth-order valence-electron chi connectivity index (χ4n) is 3.28. The third kappa shape index (κ3) is 2.58. The number of benzene rings is 1. The van der Waals surface area contributed by atoms with Crippen LogP contribution in [-0.4, -0.2) is 36.2 Å². The van der Waals surface area contributed by atoms with E-state index in [0.717, 1.165) is 19.3 Å². The molecule has 6 heteroatoms. The summed E-state index contributed by atoms with van der Waals surface area (Å²) in [7, 11) is 1.49. The molecule has 2 aliphatic rings. The Labute approximate surface area is 122 Å². The van der Waals surface area contributed by atoms with E-state index in [1.165, 1.54) is 19.2 Å². The Morgan fingerprint density at radius 3 is 2.76 bits per heavy atom. The van der Waals surface area contributed by atoms with Crippen LogP contribution in [0.1, 0.15) is 29.6 Å². The predicted molar refractivity (Wildman–Crippen MR) is 76.6 cm³/mol. The van der Waals surface area contributed by atoms with E-state index in [9.17, 15) is 9.59 Å². The minimum Gasteiger partial charge on any atom is -0.495 e. The maximum absolute atomic E-state index is 12.4. The van der Waals surface area contributed by atoms with Gasteiger partial charge >= 0.3 is 5.97 Å². The quantitative estimate of drug-likeness (QED) is 0.781. The lowest BCUT2D eigenvalue weighted by molar-refractivity contribution is -0.120. The molecule has 0 aromatic heterocycles. The first-order chi connectivity index (χ1) is 10.1. The van der Waals surface area contributed by atoms with E-state index >= 15 is 0 Å². The van der Waals surface area contributed by atoms with Crippen molar-refractivity contribution in [1.82, 2.24) is 5.32 Å². The molecule has 0 spiro atoms. The highest BCUT2D eigenvalue weighted by Gasteiger charge is 2.42. The van der Waals surface area contributed by atoms with Crippen molar-refractivity contribution in [1.29, 1.82) is 0 Å². The summed E-state index contributed by atoms with van der Waals surface area (Å²) < 4.78 is 5.18. The lowest BCUT2D eigenvalue weighted by Crippen LogP contribution is -2.33. The van der Waals surface area contributed by atoms with Gasteiger partial charge in [-0.2, -0.15) is 0 Å². The number of methoxy groups -OCH3 is 1. The van der Waals surface area contributed by atoms with Crippen molar-refractivity contribution in [2.75, 3.05) is 12.4 Å². The Morgan fingerprint density at radius 1 is 1.38 bits per heavy atom. The van der Waals surface area contributed by atoms with Gasteiger partial charge in [-0.25, -0.2) is 4.79 Å². The molecule has 2 fully saturated rings.